The number of ether oxygens (including phenoxy) is 1. The van der Waals surface area contributed by atoms with Crippen molar-refractivity contribution in [2.75, 3.05) is 6.54 Å². The van der Waals surface area contributed by atoms with Gasteiger partial charge in [0, 0.05) is 25.0 Å². The van der Waals surface area contributed by atoms with Gasteiger partial charge in [-0.2, -0.15) is 0 Å². The number of carbonyl (C=O) groups excluding carboxylic acids is 1. The van der Waals surface area contributed by atoms with Crippen LogP contribution in [0.4, 0.5) is 4.79 Å². The maximum Gasteiger partial charge on any atom is 0.407 e. The van der Waals surface area contributed by atoms with Gasteiger partial charge in [0.1, 0.15) is 5.60 Å². The minimum atomic E-state index is -0.458. The molecule has 1 rings (SSSR count). The van der Waals surface area contributed by atoms with Gasteiger partial charge in [-0.15, -0.1) is 0 Å². The summed E-state index contributed by atoms with van der Waals surface area (Å²) in [6.07, 6.45) is 4.16. The van der Waals surface area contributed by atoms with E-state index in [-0.39, 0.29) is 12.1 Å². The Kier molecular flexibility index (Phi) is 6.62. The monoisotopic (exact) mass is 293 g/mol. The van der Waals surface area contributed by atoms with Crippen molar-refractivity contribution >= 4 is 6.09 Å². The van der Waals surface area contributed by atoms with Crippen LogP contribution in [0, 0.1) is 6.92 Å². The topological polar surface area (TPSA) is 63.2 Å². The molecule has 0 aliphatic heterocycles. The second kappa shape index (κ2) is 7.98. The van der Waals surface area contributed by atoms with Crippen molar-refractivity contribution in [1.29, 1.82) is 0 Å². The standard InChI is InChI=1S/C16H27N3O2/c1-12-6-8-17-10-14(12)11-18-9-7-13(2)19-15(20)21-16(3,4)5/h6,8,10,13,18H,7,9,11H2,1-5H3,(H,19,20). The fourth-order valence-corrected chi connectivity index (χ4v) is 1.80. The maximum atomic E-state index is 11.6. The Morgan fingerprint density at radius 3 is 2.76 bits per heavy atom. The Morgan fingerprint density at radius 1 is 1.43 bits per heavy atom. The zero-order valence-electron chi connectivity index (χ0n) is 13.7. The van der Waals surface area contributed by atoms with E-state index in [1.54, 1.807) is 6.20 Å². The minimum Gasteiger partial charge on any atom is -0.444 e. The molecule has 5 heteroatoms. The first kappa shape index (κ1) is 17.4. The first-order chi connectivity index (χ1) is 9.78. The second-order valence-electron chi connectivity index (χ2n) is 6.31. The molecule has 2 N–H and O–H groups in total. The molecule has 21 heavy (non-hydrogen) atoms. The van der Waals surface area contributed by atoms with E-state index in [9.17, 15) is 4.79 Å². The molecule has 1 aromatic rings. The lowest BCUT2D eigenvalue weighted by Gasteiger charge is -2.22. The normalized spacial score (nSPS) is 12.8. The van der Waals surface area contributed by atoms with E-state index in [1.807, 2.05) is 40.0 Å². The number of amides is 1. The molecular formula is C16H27N3O2. The quantitative estimate of drug-likeness (QED) is 0.792. The molecular weight excluding hydrogens is 266 g/mol. The fraction of sp³-hybridized carbons (Fsp3) is 0.625. The molecule has 1 atom stereocenters. The minimum absolute atomic E-state index is 0.0716. The first-order valence-electron chi connectivity index (χ1n) is 7.37. The van der Waals surface area contributed by atoms with Gasteiger partial charge in [0.2, 0.25) is 0 Å². The van der Waals surface area contributed by atoms with Crippen LogP contribution < -0.4 is 10.6 Å². The van der Waals surface area contributed by atoms with Gasteiger partial charge in [0.25, 0.3) is 0 Å². The van der Waals surface area contributed by atoms with E-state index in [2.05, 4.69) is 22.5 Å². The number of hydrogen-bond donors (Lipinski definition) is 2. The summed E-state index contributed by atoms with van der Waals surface area (Å²) in [5.41, 5.74) is 1.97. The van der Waals surface area contributed by atoms with E-state index in [0.717, 1.165) is 19.5 Å². The Bertz CT molecular complexity index is 455. The van der Waals surface area contributed by atoms with Crippen molar-refractivity contribution in [3.8, 4) is 0 Å². The van der Waals surface area contributed by atoms with Crippen LogP contribution in [0.25, 0.3) is 0 Å². The number of nitrogens with one attached hydrogen (secondary N) is 2. The van der Waals surface area contributed by atoms with Crippen LogP contribution in [0.15, 0.2) is 18.5 Å². The summed E-state index contributed by atoms with van der Waals surface area (Å²) in [5.74, 6) is 0. The van der Waals surface area contributed by atoms with Gasteiger partial charge in [0.15, 0.2) is 0 Å². The summed E-state index contributed by atoms with van der Waals surface area (Å²) >= 11 is 0. The highest BCUT2D eigenvalue weighted by Gasteiger charge is 2.17. The summed E-state index contributed by atoms with van der Waals surface area (Å²) in [5, 5.41) is 6.20. The lowest BCUT2D eigenvalue weighted by molar-refractivity contribution is 0.0506. The maximum absolute atomic E-state index is 11.6. The molecule has 0 aliphatic carbocycles. The number of carbonyl (C=O) groups is 1. The van der Waals surface area contributed by atoms with Gasteiger partial charge >= 0.3 is 6.09 Å². The Hall–Kier alpha value is -1.62. The van der Waals surface area contributed by atoms with Crippen LogP contribution >= 0.6 is 0 Å². The van der Waals surface area contributed by atoms with Crippen molar-refractivity contribution in [1.82, 2.24) is 15.6 Å². The number of aromatic nitrogens is 1. The van der Waals surface area contributed by atoms with Gasteiger partial charge in [-0.05, 0) is 64.8 Å². The molecule has 0 spiro atoms. The van der Waals surface area contributed by atoms with Crippen LogP contribution in [0.5, 0.6) is 0 Å². The van der Waals surface area contributed by atoms with Crippen LogP contribution in [-0.2, 0) is 11.3 Å². The third kappa shape index (κ3) is 7.66. The van der Waals surface area contributed by atoms with Gasteiger partial charge in [0.05, 0.1) is 0 Å². The van der Waals surface area contributed by atoms with Gasteiger partial charge in [-0.25, -0.2) is 4.79 Å². The third-order valence-corrected chi connectivity index (χ3v) is 2.98. The highest BCUT2D eigenvalue weighted by Crippen LogP contribution is 2.07. The summed E-state index contributed by atoms with van der Waals surface area (Å²) in [6.45, 7) is 11.2. The number of alkyl carbamates (subject to hydrolysis) is 1. The molecule has 1 unspecified atom stereocenters. The molecule has 5 nitrogen and oxygen atoms in total. The number of aryl methyl sites for hydroxylation is 1. The van der Waals surface area contributed by atoms with Crippen molar-refractivity contribution in [2.45, 2.75) is 59.2 Å². The van der Waals surface area contributed by atoms with Gasteiger partial charge in [-0.3, -0.25) is 4.98 Å². The molecule has 0 saturated heterocycles. The number of nitrogens with zero attached hydrogens (tertiary/aromatic N) is 1. The summed E-state index contributed by atoms with van der Waals surface area (Å²) < 4.78 is 5.22. The van der Waals surface area contributed by atoms with E-state index >= 15 is 0 Å². The summed E-state index contributed by atoms with van der Waals surface area (Å²) in [7, 11) is 0. The average molecular weight is 293 g/mol. The number of rotatable bonds is 6. The predicted molar refractivity (Wildman–Crippen MR) is 84.1 cm³/mol. The Balaban J connectivity index is 2.21. The molecule has 118 valence electrons. The molecule has 0 saturated carbocycles. The smallest absolute Gasteiger partial charge is 0.407 e. The van der Waals surface area contributed by atoms with E-state index in [1.165, 1.54) is 11.1 Å². The highest BCUT2D eigenvalue weighted by molar-refractivity contribution is 5.67. The Morgan fingerprint density at radius 2 is 2.14 bits per heavy atom. The lowest BCUT2D eigenvalue weighted by atomic mass is 10.1. The summed E-state index contributed by atoms with van der Waals surface area (Å²) in [6, 6.07) is 2.08. The zero-order valence-corrected chi connectivity index (χ0v) is 13.7. The van der Waals surface area contributed by atoms with Crippen LogP contribution in [0.3, 0.4) is 0 Å². The summed E-state index contributed by atoms with van der Waals surface area (Å²) in [4.78, 5) is 15.7. The van der Waals surface area contributed by atoms with Crippen LogP contribution in [-0.4, -0.2) is 29.3 Å². The van der Waals surface area contributed by atoms with Crippen molar-refractivity contribution in [2.24, 2.45) is 0 Å². The molecule has 0 fully saturated rings. The number of hydrogen-bond acceptors (Lipinski definition) is 4. The fourth-order valence-electron chi connectivity index (χ4n) is 1.80. The molecule has 0 radical (unpaired) electrons. The van der Waals surface area contributed by atoms with Crippen molar-refractivity contribution in [3.05, 3.63) is 29.6 Å². The van der Waals surface area contributed by atoms with Crippen molar-refractivity contribution in [3.63, 3.8) is 0 Å². The van der Waals surface area contributed by atoms with Crippen molar-refractivity contribution < 1.29 is 9.53 Å². The van der Waals surface area contributed by atoms with Crippen LogP contribution in [0.2, 0.25) is 0 Å². The number of pyridine rings is 1. The van der Waals surface area contributed by atoms with Crippen LogP contribution in [0.1, 0.15) is 45.2 Å². The largest absolute Gasteiger partial charge is 0.444 e. The van der Waals surface area contributed by atoms with E-state index in [4.69, 9.17) is 4.74 Å². The molecule has 0 aromatic carbocycles. The molecule has 0 aliphatic rings. The first-order valence-corrected chi connectivity index (χ1v) is 7.37. The third-order valence-electron chi connectivity index (χ3n) is 2.98. The predicted octanol–water partition coefficient (Wildman–Crippen LogP) is 2.78. The molecule has 1 amide bonds. The van der Waals surface area contributed by atoms with Gasteiger partial charge in [-0.1, -0.05) is 0 Å². The molecule has 1 aromatic heterocycles. The SMILES string of the molecule is Cc1ccncc1CNCCC(C)NC(=O)OC(C)(C)C. The average Bonchev–Trinajstić information content (AvgIpc) is 2.34. The Labute approximate surface area is 127 Å². The highest BCUT2D eigenvalue weighted by atomic mass is 16.6. The molecule has 1 heterocycles. The van der Waals surface area contributed by atoms with E-state index in [0.29, 0.717) is 0 Å². The van der Waals surface area contributed by atoms with Gasteiger partial charge < -0.3 is 15.4 Å². The van der Waals surface area contributed by atoms with E-state index < -0.39 is 5.60 Å². The lowest BCUT2D eigenvalue weighted by Crippen LogP contribution is -2.38. The molecule has 0 bridgehead atoms. The zero-order chi connectivity index (χ0) is 15.9. The second-order valence-corrected chi connectivity index (χ2v) is 6.31.